The van der Waals surface area contributed by atoms with Gasteiger partial charge in [0.15, 0.2) is 9.84 Å². The van der Waals surface area contributed by atoms with Crippen molar-refractivity contribution in [3.8, 4) is 0 Å². The zero-order valence-electron chi connectivity index (χ0n) is 13.0. The molecule has 1 atom stereocenters. The molecule has 0 spiro atoms. The van der Waals surface area contributed by atoms with E-state index in [4.69, 9.17) is 0 Å². The second kappa shape index (κ2) is 7.41. The highest BCUT2D eigenvalue weighted by molar-refractivity contribution is 7.90. The molecule has 0 aliphatic rings. The summed E-state index contributed by atoms with van der Waals surface area (Å²) in [5.41, 5.74) is 0.645. The summed E-state index contributed by atoms with van der Waals surface area (Å²) in [6, 6.07) is 10.4. The SMILES string of the molecule is CS(=O)(=O)c1ccc(CC(=O)NCC(O)c2cccc(=O)[nH]2)cc1. The summed E-state index contributed by atoms with van der Waals surface area (Å²) >= 11 is 0. The van der Waals surface area contributed by atoms with Crippen LogP contribution in [0.15, 0.2) is 52.2 Å². The first-order chi connectivity index (χ1) is 11.3. The highest BCUT2D eigenvalue weighted by atomic mass is 32.2. The summed E-state index contributed by atoms with van der Waals surface area (Å²) in [5.74, 6) is -0.320. The number of hydrogen-bond acceptors (Lipinski definition) is 5. The van der Waals surface area contributed by atoms with E-state index in [0.29, 0.717) is 11.3 Å². The van der Waals surface area contributed by atoms with Gasteiger partial charge in [0, 0.05) is 24.6 Å². The third kappa shape index (κ3) is 5.04. The van der Waals surface area contributed by atoms with E-state index in [1.165, 1.54) is 24.3 Å². The van der Waals surface area contributed by atoms with Gasteiger partial charge in [-0.05, 0) is 23.8 Å². The normalized spacial score (nSPS) is 12.6. The molecule has 0 saturated carbocycles. The lowest BCUT2D eigenvalue weighted by Gasteiger charge is -2.12. The summed E-state index contributed by atoms with van der Waals surface area (Å²) < 4.78 is 22.7. The van der Waals surface area contributed by atoms with Gasteiger partial charge >= 0.3 is 0 Å². The molecule has 8 heteroatoms. The van der Waals surface area contributed by atoms with Crippen LogP contribution in [-0.2, 0) is 21.1 Å². The number of hydrogen-bond donors (Lipinski definition) is 3. The van der Waals surface area contributed by atoms with E-state index in [1.54, 1.807) is 18.2 Å². The monoisotopic (exact) mass is 350 g/mol. The van der Waals surface area contributed by atoms with Crippen molar-refractivity contribution >= 4 is 15.7 Å². The van der Waals surface area contributed by atoms with E-state index in [1.807, 2.05) is 0 Å². The molecule has 1 heterocycles. The first-order valence-corrected chi connectivity index (χ1v) is 9.08. The summed E-state index contributed by atoms with van der Waals surface area (Å²) in [6.45, 7) is -0.0415. The van der Waals surface area contributed by atoms with E-state index in [9.17, 15) is 23.1 Å². The highest BCUT2D eigenvalue weighted by Gasteiger charge is 2.11. The standard InChI is InChI=1S/C16H18N2O5S/c1-24(22,23)12-7-5-11(6-8-12)9-16(21)17-10-14(19)13-3-2-4-15(20)18-13/h2-8,14,19H,9-10H2,1H3,(H,17,21)(H,18,20). The third-order valence-electron chi connectivity index (χ3n) is 3.36. The van der Waals surface area contributed by atoms with Crippen molar-refractivity contribution in [2.75, 3.05) is 12.8 Å². The Bertz CT molecular complexity index is 872. The molecule has 0 saturated heterocycles. The fraction of sp³-hybridized carbons (Fsp3) is 0.250. The topological polar surface area (TPSA) is 116 Å². The number of aliphatic hydroxyl groups is 1. The Balaban J connectivity index is 1.90. The molecular formula is C16H18N2O5S. The number of rotatable bonds is 6. The number of sulfone groups is 1. The number of aromatic amines is 1. The van der Waals surface area contributed by atoms with Crippen LogP contribution in [0.2, 0.25) is 0 Å². The van der Waals surface area contributed by atoms with Gasteiger partial charge in [0.2, 0.25) is 11.5 Å². The van der Waals surface area contributed by atoms with E-state index < -0.39 is 15.9 Å². The maximum atomic E-state index is 11.9. The number of aromatic nitrogens is 1. The van der Waals surface area contributed by atoms with E-state index in [0.717, 1.165) is 6.26 Å². The third-order valence-corrected chi connectivity index (χ3v) is 4.49. The fourth-order valence-corrected chi connectivity index (χ4v) is 2.71. The molecule has 1 aromatic carbocycles. The van der Waals surface area contributed by atoms with E-state index >= 15 is 0 Å². The molecule has 1 amide bonds. The number of carbonyl (C=O) groups is 1. The van der Waals surface area contributed by atoms with Gasteiger partial charge in [0.05, 0.1) is 11.3 Å². The zero-order valence-corrected chi connectivity index (χ0v) is 13.8. The molecule has 0 bridgehead atoms. The van der Waals surface area contributed by atoms with Gasteiger partial charge in [-0.25, -0.2) is 8.42 Å². The molecule has 7 nitrogen and oxygen atoms in total. The molecule has 0 radical (unpaired) electrons. The van der Waals surface area contributed by atoms with Crippen molar-refractivity contribution in [3.63, 3.8) is 0 Å². The number of H-pyrrole nitrogens is 1. The second-order valence-electron chi connectivity index (χ2n) is 5.38. The van der Waals surface area contributed by atoms with Crippen LogP contribution in [0.1, 0.15) is 17.4 Å². The lowest BCUT2D eigenvalue weighted by Crippen LogP contribution is -2.30. The van der Waals surface area contributed by atoms with Crippen LogP contribution >= 0.6 is 0 Å². The molecule has 1 unspecified atom stereocenters. The van der Waals surface area contributed by atoms with Crippen molar-refractivity contribution in [2.24, 2.45) is 0 Å². The van der Waals surface area contributed by atoms with Gasteiger partial charge < -0.3 is 15.4 Å². The largest absolute Gasteiger partial charge is 0.385 e. The molecule has 0 aliphatic heterocycles. The molecule has 24 heavy (non-hydrogen) atoms. The van der Waals surface area contributed by atoms with Crippen LogP contribution in [-0.4, -0.2) is 37.2 Å². The van der Waals surface area contributed by atoms with Crippen LogP contribution < -0.4 is 10.9 Å². The Hall–Kier alpha value is -2.45. The fourth-order valence-electron chi connectivity index (χ4n) is 2.08. The van der Waals surface area contributed by atoms with Gasteiger partial charge in [0.25, 0.3) is 0 Å². The van der Waals surface area contributed by atoms with E-state index in [2.05, 4.69) is 10.3 Å². The van der Waals surface area contributed by atoms with Crippen molar-refractivity contribution < 1.29 is 18.3 Å². The van der Waals surface area contributed by atoms with Crippen LogP contribution in [0.5, 0.6) is 0 Å². The highest BCUT2D eigenvalue weighted by Crippen LogP contribution is 2.11. The predicted molar refractivity (Wildman–Crippen MR) is 88.3 cm³/mol. The number of carbonyl (C=O) groups excluding carboxylic acids is 1. The molecule has 2 aromatic rings. The molecule has 0 aliphatic carbocycles. The lowest BCUT2D eigenvalue weighted by molar-refractivity contribution is -0.120. The smallest absolute Gasteiger partial charge is 0.248 e. The van der Waals surface area contributed by atoms with Gasteiger partial charge in [-0.3, -0.25) is 9.59 Å². The Kier molecular flexibility index (Phi) is 5.53. The van der Waals surface area contributed by atoms with Crippen LogP contribution in [0.25, 0.3) is 0 Å². The lowest BCUT2D eigenvalue weighted by atomic mass is 10.1. The Morgan fingerprint density at radius 3 is 2.46 bits per heavy atom. The number of pyridine rings is 1. The minimum absolute atomic E-state index is 0.0415. The molecule has 1 aromatic heterocycles. The zero-order chi connectivity index (χ0) is 17.7. The molecule has 2 rings (SSSR count). The summed E-state index contributed by atoms with van der Waals surface area (Å²) in [6.07, 6.45) is 0.155. The molecular weight excluding hydrogens is 332 g/mol. The second-order valence-corrected chi connectivity index (χ2v) is 7.40. The number of nitrogens with one attached hydrogen (secondary N) is 2. The maximum absolute atomic E-state index is 11.9. The van der Waals surface area contributed by atoms with Crippen LogP contribution in [0.4, 0.5) is 0 Å². The number of aliphatic hydroxyl groups excluding tert-OH is 1. The average molecular weight is 350 g/mol. The van der Waals surface area contributed by atoms with Crippen molar-refractivity contribution in [2.45, 2.75) is 17.4 Å². The van der Waals surface area contributed by atoms with Crippen molar-refractivity contribution in [3.05, 3.63) is 64.1 Å². The van der Waals surface area contributed by atoms with Crippen molar-refractivity contribution in [1.82, 2.24) is 10.3 Å². The quantitative estimate of drug-likeness (QED) is 0.687. The first kappa shape index (κ1) is 17.9. The first-order valence-electron chi connectivity index (χ1n) is 7.19. The van der Waals surface area contributed by atoms with Gasteiger partial charge in [-0.1, -0.05) is 18.2 Å². The predicted octanol–water partition coefficient (Wildman–Crippen LogP) is 0.171. The van der Waals surface area contributed by atoms with Crippen LogP contribution in [0, 0.1) is 0 Å². The Labute approximate surface area is 139 Å². The van der Waals surface area contributed by atoms with Gasteiger partial charge in [-0.2, -0.15) is 0 Å². The van der Waals surface area contributed by atoms with Gasteiger partial charge in [0.1, 0.15) is 6.10 Å². The minimum atomic E-state index is -3.27. The molecule has 128 valence electrons. The molecule has 0 fully saturated rings. The maximum Gasteiger partial charge on any atom is 0.248 e. The van der Waals surface area contributed by atoms with E-state index in [-0.39, 0.29) is 29.3 Å². The molecule has 3 N–H and O–H groups in total. The van der Waals surface area contributed by atoms with Gasteiger partial charge in [-0.15, -0.1) is 0 Å². The van der Waals surface area contributed by atoms with Crippen molar-refractivity contribution in [1.29, 1.82) is 0 Å². The summed E-state index contributed by atoms with van der Waals surface area (Å²) in [4.78, 5) is 25.7. The average Bonchev–Trinajstić information content (AvgIpc) is 2.52. The van der Waals surface area contributed by atoms with Crippen LogP contribution in [0.3, 0.4) is 0 Å². The number of amides is 1. The Morgan fingerprint density at radius 1 is 1.21 bits per heavy atom. The summed E-state index contributed by atoms with van der Waals surface area (Å²) in [5, 5.41) is 12.5. The number of benzene rings is 1. The summed E-state index contributed by atoms with van der Waals surface area (Å²) in [7, 11) is -3.27. The Morgan fingerprint density at radius 2 is 1.88 bits per heavy atom. The minimum Gasteiger partial charge on any atom is -0.385 e.